The fourth-order valence-corrected chi connectivity index (χ4v) is 1.86. The van der Waals surface area contributed by atoms with Crippen molar-refractivity contribution in [3.05, 3.63) is 66.2 Å². The Morgan fingerprint density at radius 3 is 2.86 bits per heavy atom. The number of hydrogen-bond acceptors (Lipinski definition) is 4. The summed E-state index contributed by atoms with van der Waals surface area (Å²) in [6, 6.07) is 11.0. The van der Waals surface area contributed by atoms with Crippen LogP contribution in [0.5, 0.6) is 0 Å². The first-order valence-corrected chi connectivity index (χ1v) is 6.47. The van der Waals surface area contributed by atoms with Crippen molar-refractivity contribution in [2.45, 2.75) is 6.54 Å². The van der Waals surface area contributed by atoms with E-state index in [2.05, 4.69) is 25.5 Å². The number of carbonyl (C=O) groups is 1. The number of nitrogens with zero attached hydrogens (tertiary/aromatic N) is 3. The van der Waals surface area contributed by atoms with Gasteiger partial charge in [-0.1, -0.05) is 12.1 Å². The summed E-state index contributed by atoms with van der Waals surface area (Å²) in [6.45, 7) is 0.421. The molecule has 6 heteroatoms. The third-order valence-electron chi connectivity index (χ3n) is 2.93. The van der Waals surface area contributed by atoms with Crippen LogP contribution in [0.4, 0.5) is 0 Å². The van der Waals surface area contributed by atoms with Crippen LogP contribution < -0.4 is 5.32 Å². The normalized spacial score (nSPS) is 10.3. The minimum absolute atomic E-state index is 0.214. The number of aromatic amines is 1. The van der Waals surface area contributed by atoms with E-state index in [1.54, 1.807) is 24.7 Å². The van der Waals surface area contributed by atoms with Gasteiger partial charge in [-0.25, -0.2) is 0 Å². The van der Waals surface area contributed by atoms with Gasteiger partial charge < -0.3 is 5.32 Å². The molecule has 0 radical (unpaired) electrons. The van der Waals surface area contributed by atoms with E-state index in [1.165, 1.54) is 0 Å². The minimum atomic E-state index is -0.214. The summed E-state index contributed by atoms with van der Waals surface area (Å²) < 4.78 is 0. The van der Waals surface area contributed by atoms with E-state index >= 15 is 0 Å². The lowest BCUT2D eigenvalue weighted by atomic mass is 10.2. The Kier molecular flexibility index (Phi) is 3.68. The van der Waals surface area contributed by atoms with Crippen molar-refractivity contribution in [3.63, 3.8) is 0 Å². The van der Waals surface area contributed by atoms with Gasteiger partial charge in [-0.05, 0) is 29.8 Å². The first-order valence-electron chi connectivity index (χ1n) is 6.47. The molecule has 0 spiro atoms. The summed E-state index contributed by atoms with van der Waals surface area (Å²) >= 11 is 0. The molecule has 6 nitrogen and oxygen atoms in total. The fourth-order valence-electron chi connectivity index (χ4n) is 1.86. The number of hydrogen-bond donors (Lipinski definition) is 2. The van der Waals surface area contributed by atoms with E-state index in [1.807, 2.05) is 30.3 Å². The average molecular weight is 279 g/mol. The first kappa shape index (κ1) is 13.0. The lowest BCUT2D eigenvalue weighted by Crippen LogP contribution is -2.23. The zero-order chi connectivity index (χ0) is 14.5. The van der Waals surface area contributed by atoms with Crippen LogP contribution in [0.1, 0.15) is 16.1 Å². The molecule has 0 aliphatic carbocycles. The van der Waals surface area contributed by atoms with Gasteiger partial charge in [0.1, 0.15) is 11.4 Å². The van der Waals surface area contributed by atoms with Crippen LogP contribution in [-0.4, -0.2) is 26.1 Å². The van der Waals surface area contributed by atoms with Crippen LogP contribution in [-0.2, 0) is 6.54 Å². The number of carbonyl (C=O) groups excluding carboxylic acids is 1. The second kappa shape index (κ2) is 5.96. The monoisotopic (exact) mass is 279 g/mol. The van der Waals surface area contributed by atoms with Crippen LogP contribution >= 0.6 is 0 Å². The lowest BCUT2D eigenvalue weighted by molar-refractivity contribution is 0.0946. The molecule has 1 amide bonds. The summed E-state index contributed by atoms with van der Waals surface area (Å²) in [4.78, 5) is 20.2. The van der Waals surface area contributed by atoms with Gasteiger partial charge in [-0.15, -0.1) is 0 Å². The highest BCUT2D eigenvalue weighted by molar-refractivity contribution is 5.93. The van der Waals surface area contributed by atoms with E-state index in [-0.39, 0.29) is 5.91 Å². The molecule has 2 N–H and O–H groups in total. The van der Waals surface area contributed by atoms with Crippen LogP contribution in [0.15, 0.2) is 55.0 Å². The molecule has 0 aliphatic heterocycles. The molecule has 0 aliphatic rings. The summed E-state index contributed by atoms with van der Waals surface area (Å²) in [5, 5.41) is 9.63. The highest BCUT2D eigenvalue weighted by Gasteiger charge is 2.11. The van der Waals surface area contributed by atoms with E-state index < -0.39 is 0 Å². The number of H-pyrrole nitrogens is 1. The Balaban J connectivity index is 1.67. The Labute approximate surface area is 121 Å². The van der Waals surface area contributed by atoms with Crippen LogP contribution in [0.2, 0.25) is 0 Å². The van der Waals surface area contributed by atoms with E-state index in [4.69, 9.17) is 0 Å². The molecule has 3 heterocycles. The second-order valence-corrected chi connectivity index (χ2v) is 4.43. The van der Waals surface area contributed by atoms with Gasteiger partial charge in [0, 0.05) is 25.1 Å². The Hall–Kier alpha value is -3.02. The Bertz CT molecular complexity index is 724. The van der Waals surface area contributed by atoms with E-state index in [9.17, 15) is 4.79 Å². The lowest BCUT2D eigenvalue weighted by Gasteiger charge is -2.02. The molecule has 0 atom stereocenters. The molecule has 104 valence electrons. The highest BCUT2D eigenvalue weighted by atomic mass is 16.1. The Morgan fingerprint density at radius 2 is 2.10 bits per heavy atom. The van der Waals surface area contributed by atoms with Crippen LogP contribution in [0.25, 0.3) is 11.4 Å². The quantitative estimate of drug-likeness (QED) is 0.762. The van der Waals surface area contributed by atoms with Crippen molar-refractivity contribution in [3.8, 4) is 11.4 Å². The SMILES string of the molecule is O=C(NCc1cccnc1)c1cc(-c2ccccn2)n[nH]1. The molecule has 0 saturated heterocycles. The van der Waals surface area contributed by atoms with Crippen LogP contribution in [0.3, 0.4) is 0 Å². The molecular formula is C15H13N5O. The number of amides is 1. The van der Waals surface area contributed by atoms with Crippen molar-refractivity contribution in [2.24, 2.45) is 0 Å². The Morgan fingerprint density at radius 1 is 1.14 bits per heavy atom. The predicted molar refractivity (Wildman–Crippen MR) is 77.2 cm³/mol. The fraction of sp³-hybridized carbons (Fsp3) is 0.0667. The van der Waals surface area contributed by atoms with Gasteiger partial charge in [0.2, 0.25) is 0 Å². The van der Waals surface area contributed by atoms with Gasteiger partial charge >= 0.3 is 0 Å². The number of pyridine rings is 2. The number of aromatic nitrogens is 4. The topological polar surface area (TPSA) is 83.6 Å². The van der Waals surface area contributed by atoms with Crippen molar-refractivity contribution in [1.29, 1.82) is 0 Å². The smallest absolute Gasteiger partial charge is 0.269 e. The molecule has 0 saturated carbocycles. The third-order valence-corrected chi connectivity index (χ3v) is 2.93. The zero-order valence-corrected chi connectivity index (χ0v) is 11.2. The van der Waals surface area contributed by atoms with Crippen LogP contribution in [0, 0.1) is 0 Å². The van der Waals surface area contributed by atoms with Gasteiger partial charge in [0.05, 0.1) is 5.69 Å². The maximum absolute atomic E-state index is 12.0. The zero-order valence-electron chi connectivity index (χ0n) is 11.2. The van der Waals surface area contributed by atoms with Crippen molar-refractivity contribution in [2.75, 3.05) is 0 Å². The maximum Gasteiger partial charge on any atom is 0.269 e. The summed E-state index contributed by atoms with van der Waals surface area (Å²) in [5.74, 6) is -0.214. The second-order valence-electron chi connectivity index (χ2n) is 4.43. The van der Waals surface area contributed by atoms with E-state index in [0.29, 0.717) is 17.9 Å². The van der Waals surface area contributed by atoms with Gasteiger partial charge in [0.15, 0.2) is 0 Å². The largest absolute Gasteiger partial charge is 0.347 e. The standard InChI is InChI=1S/C15H13N5O/c21-15(18-10-11-4-3-6-16-9-11)14-8-13(19-20-14)12-5-1-2-7-17-12/h1-9H,10H2,(H,18,21)(H,19,20). The maximum atomic E-state index is 12.0. The third kappa shape index (κ3) is 3.11. The highest BCUT2D eigenvalue weighted by Crippen LogP contribution is 2.14. The number of nitrogens with one attached hydrogen (secondary N) is 2. The average Bonchev–Trinajstić information content (AvgIpc) is 3.04. The van der Waals surface area contributed by atoms with Crippen molar-refractivity contribution in [1.82, 2.24) is 25.5 Å². The molecule has 3 aromatic heterocycles. The van der Waals surface area contributed by atoms with Gasteiger partial charge in [0.25, 0.3) is 5.91 Å². The number of rotatable bonds is 4. The van der Waals surface area contributed by atoms with Gasteiger partial charge in [-0.2, -0.15) is 5.10 Å². The van der Waals surface area contributed by atoms with Crippen molar-refractivity contribution >= 4 is 5.91 Å². The predicted octanol–water partition coefficient (Wildman–Crippen LogP) is 1.80. The molecule has 3 rings (SSSR count). The molecule has 0 aromatic carbocycles. The summed E-state index contributed by atoms with van der Waals surface area (Å²) in [7, 11) is 0. The molecule has 21 heavy (non-hydrogen) atoms. The van der Waals surface area contributed by atoms with Gasteiger partial charge in [-0.3, -0.25) is 19.9 Å². The molecule has 3 aromatic rings. The molecule has 0 bridgehead atoms. The molecule has 0 fully saturated rings. The summed E-state index contributed by atoms with van der Waals surface area (Å²) in [6.07, 6.45) is 5.10. The summed E-state index contributed by atoms with van der Waals surface area (Å²) in [5.41, 5.74) is 2.71. The first-order chi connectivity index (χ1) is 10.3. The minimum Gasteiger partial charge on any atom is -0.347 e. The van der Waals surface area contributed by atoms with Crippen molar-refractivity contribution < 1.29 is 4.79 Å². The molecular weight excluding hydrogens is 266 g/mol. The van der Waals surface area contributed by atoms with E-state index in [0.717, 1.165) is 11.3 Å². The molecule has 0 unspecified atom stereocenters.